The number of hydrogen-bond acceptors (Lipinski definition) is 2. The molecule has 0 fully saturated rings. The van der Waals surface area contributed by atoms with Crippen molar-refractivity contribution < 1.29 is 31.8 Å². The highest BCUT2D eigenvalue weighted by molar-refractivity contribution is 4.75. The molecule has 7 heteroatoms. The van der Waals surface area contributed by atoms with Crippen molar-refractivity contribution in [2.75, 3.05) is 19.8 Å². The standard InChI is InChI=1S/C19H35F5O2/c20-18(21,19(22,23)24)14-11-9-7-5-3-1-2-4-6-8-10-12-16-26-17-13-15-25/h25H,1-17H2. The summed E-state index contributed by atoms with van der Waals surface area (Å²) in [5.41, 5.74) is 0. The highest BCUT2D eigenvalue weighted by atomic mass is 19.4. The SMILES string of the molecule is OCCCOCCCCCCCCCCCCCCC(F)(F)C(F)(F)F. The summed E-state index contributed by atoms with van der Waals surface area (Å²) in [5, 5.41) is 8.59. The minimum absolute atomic E-state index is 0.0732. The molecule has 0 aromatic rings. The summed E-state index contributed by atoms with van der Waals surface area (Å²) in [4.78, 5) is 0. The van der Waals surface area contributed by atoms with Crippen molar-refractivity contribution in [2.45, 2.75) is 102 Å². The molecule has 0 spiro atoms. The van der Waals surface area contributed by atoms with Gasteiger partial charge in [-0.1, -0.05) is 64.2 Å². The van der Waals surface area contributed by atoms with Crippen molar-refractivity contribution >= 4 is 0 Å². The number of halogens is 5. The van der Waals surface area contributed by atoms with Crippen molar-refractivity contribution in [1.82, 2.24) is 0 Å². The summed E-state index contributed by atoms with van der Waals surface area (Å²) < 4.78 is 66.7. The molecular formula is C19H35F5O2. The Morgan fingerprint density at radius 1 is 0.538 bits per heavy atom. The van der Waals surface area contributed by atoms with E-state index in [1.54, 1.807) is 0 Å². The zero-order valence-corrected chi connectivity index (χ0v) is 15.8. The molecular weight excluding hydrogens is 355 g/mol. The van der Waals surface area contributed by atoms with Gasteiger partial charge in [-0.25, -0.2) is 0 Å². The second-order valence-corrected chi connectivity index (χ2v) is 6.88. The molecule has 0 aliphatic heterocycles. The van der Waals surface area contributed by atoms with Gasteiger partial charge in [0, 0.05) is 26.2 Å². The van der Waals surface area contributed by atoms with Gasteiger partial charge in [0.05, 0.1) is 0 Å². The van der Waals surface area contributed by atoms with Crippen molar-refractivity contribution in [2.24, 2.45) is 0 Å². The van der Waals surface area contributed by atoms with E-state index in [0.29, 0.717) is 19.4 Å². The lowest BCUT2D eigenvalue weighted by Crippen LogP contribution is -2.36. The largest absolute Gasteiger partial charge is 0.453 e. The molecule has 0 aromatic carbocycles. The van der Waals surface area contributed by atoms with Gasteiger partial charge in [-0.2, -0.15) is 22.0 Å². The summed E-state index contributed by atoms with van der Waals surface area (Å²) >= 11 is 0. The van der Waals surface area contributed by atoms with E-state index in [0.717, 1.165) is 51.6 Å². The van der Waals surface area contributed by atoms with Crippen LogP contribution in [0.1, 0.15) is 89.9 Å². The third kappa shape index (κ3) is 14.7. The molecule has 1 N–H and O–H groups in total. The van der Waals surface area contributed by atoms with Crippen LogP contribution in [0.4, 0.5) is 22.0 Å². The minimum Gasteiger partial charge on any atom is -0.396 e. The van der Waals surface area contributed by atoms with E-state index in [1.165, 1.54) is 19.3 Å². The molecule has 0 heterocycles. The van der Waals surface area contributed by atoms with E-state index in [1.807, 2.05) is 0 Å². The summed E-state index contributed by atoms with van der Waals surface area (Å²) in [5.74, 6) is -4.54. The Morgan fingerprint density at radius 3 is 1.35 bits per heavy atom. The Morgan fingerprint density at radius 2 is 0.923 bits per heavy atom. The first-order valence-corrected chi connectivity index (χ1v) is 9.94. The van der Waals surface area contributed by atoms with Crippen LogP contribution in [0.3, 0.4) is 0 Å². The first kappa shape index (κ1) is 25.6. The molecule has 0 atom stereocenters. The van der Waals surface area contributed by atoms with Gasteiger partial charge in [0.25, 0.3) is 0 Å². The molecule has 0 radical (unpaired) electrons. The molecule has 0 unspecified atom stereocenters. The lowest BCUT2D eigenvalue weighted by molar-refractivity contribution is -0.284. The summed E-state index contributed by atoms with van der Waals surface area (Å²) in [6.45, 7) is 1.56. The van der Waals surface area contributed by atoms with Crippen molar-refractivity contribution in [3.05, 3.63) is 0 Å². The second kappa shape index (κ2) is 15.6. The van der Waals surface area contributed by atoms with Crippen LogP contribution >= 0.6 is 0 Å². The fraction of sp³-hybridized carbons (Fsp3) is 1.00. The molecule has 0 aromatic heterocycles. The van der Waals surface area contributed by atoms with E-state index >= 15 is 0 Å². The monoisotopic (exact) mass is 390 g/mol. The van der Waals surface area contributed by atoms with Crippen LogP contribution in [-0.2, 0) is 4.74 Å². The number of aliphatic hydroxyl groups excluding tert-OH is 1. The van der Waals surface area contributed by atoms with Crippen molar-refractivity contribution in [1.29, 1.82) is 0 Å². The summed E-state index contributed by atoms with van der Waals surface area (Å²) in [7, 11) is 0. The average Bonchev–Trinajstić information content (AvgIpc) is 2.56. The summed E-state index contributed by atoms with van der Waals surface area (Å²) in [6.07, 6.45) is 5.23. The maximum atomic E-state index is 12.7. The van der Waals surface area contributed by atoms with E-state index < -0.39 is 18.5 Å². The lowest BCUT2D eigenvalue weighted by atomic mass is 10.0. The number of alkyl halides is 5. The number of rotatable bonds is 18. The van der Waals surface area contributed by atoms with Crippen LogP contribution in [0.5, 0.6) is 0 Å². The molecule has 0 aliphatic rings. The van der Waals surface area contributed by atoms with Crippen LogP contribution in [0.15, 0.2) is 0 Å². The smallest absolute Gasteiger partial charge is 0.396 e. The van der Waals surface area contributed by atoms with E-state index in [9.17, 15) is 22.0 Å². The molecule has 26 heavy (non-hydrogen) atoms. The van der Waals surface area contributed by atoms with Gasteiger partial charge in [-0.3, -0.25) is 0 Å². The molecule has 0 saturated carbocycles. The van der Waals surface area contributed by atoms with Crippen LogP contribution < -0.4 is 0 Å². The Kier molecular flexibility index (Phi) is 15.4. The van der Waals surface area contributed by atoms with Crippen molar-refractivity contribution in [3.63, 3.8) is 0 Å². The zero-order valence-electron chi connectivity index (χ0n) is 15.8. The van der Waals surface area contributed by atoms with Crippen LogP contribution in [-0.4, -0.2) is 37.0 Å². The molecule has 2 nitrogen and oxygen atoms in total. The predicted octanol–water partition coefficient (Wildman–Crippen LogP) is 6.65. The molecule has 0 rings (SSSR count). The lowest BCUT2D eigenvalue weighted by Gasteiger charge is -2.19. The van der Waals surface area contributed by atoms with Crippen LogP contribution in [0.2, 0.25) is 0 Å². The van der Waals surface area contributed by atoms with Gasteiger partial charge in [0.15, 0.2) is 0 Å². The van der Waals surface area contributed by atoms with Gasteiger partial charge in [0.1, 0.15) is 0 Å². The molecule has 0 aliphatic carbocycles. The van der Waals surface area contributed by atoms with E-state index in [2.05, 4.69) is 0 Å². The third-order valence-electron chi connectivity index (χ3n) is 4.39. The first-order valence-electron chi connectivity index (χ1n) is 9.94. The molecule has 0 saturated heterocycles. The third-order valence-corrected chi connectivity index (χ3v) is 4.39. The highest BCUT2D eigenvalue weighted by Gasteiger charge is 2.56. The quantitative estimate of drug-likeness (QED) is 0.210. The normalized spacial score (nSPS) is 12.7. The molecule has 0 amide bonds. The van der Waals surface area contributed by atoms with Gasteiger partial charge in [0.2, 0.25) is 0 Å². The van der Waals surface area contributed by atoms with Crippen molar-refractivity contribution in [3.8, 4) is 0 Å². The average molecular weight is 390 g/mol. The fourth-order valence-electron chi connectivity index (χ4n) is 2.73. The maximum absolute atomic E-state index is 12.7. The number of hydrogen-bond donors (Lipinski definition) is 1. The maximum Gasteiger partial charge on any atom is 0.453 e. The molecule has 158 valence electrons. The van der Waals surface area contributed by atoms with Gasteiger partial charge in [-0.15, -0.1) is 0 Å². The highest BCUT2D eigenvalue weighted by Crippen LogP contribution is 2.39. The zero-order chi connectivity index (χ0) is 19.7. The fourth-order valence-corrected chi connectivity index (χ4v) is 2.73. The molecule has 0 bridgehead atoms. The van der Waals surface area contributed by atoms with Gasteiger partial charge < -0.3 is 9.84 Å². The van der Waals surface area contributed by atoms with Crippen LogP contribution in [0.25, 0.3) is 0 Å². The van der Waals surface area contributed by atoms with E-state index in [4.69, 9.17) is 9.84 Å². The number of aliphatic hydroxyl groups is 1. The predicted molar refractivity (Wildman–Crippen MR) is 93.5 cm³/mol. The first-order chi connectivity index (χ1) is 12.3. The second-order valence-electron chi connectivity index (χ2n) is 6.88. The Labute approximate surface area is 154 Å². The topological polar surface area (TPSA) is 29.5 Å². The van der Waals surface area contributed by atoms with E-state index in [-0.39, 0.29) is 13.0 Å². The van der Waals surface area contributed by atoms with Gasteiger partial charge >= 0.3 is 12.1 Å². The Bertz CT molecular complexity index is 309. The number of unbranched alkanes of at least 4 members (excludes halogenated alkanes) is 11. The number of ether oxygens (including phenoxy) is 1. The van der Waals surface area contributed by atoms with Crippen LogP contribution in [0, 0.1) is 0 Å². The Hall–Kier alpha value is -0.430. The van der Waals surface area contributed by atoms with Gasteiger partial charge in [-0.05, 0) is 19.3 Å². The Balaban J connectivity index is 3.21. The summed E-state index contributed by atoms with van der Waals surface area (Å²) in [6, 6.07) is 0. The minimum atomic E-state index is -5.42.